The number of aromatic nitrogens is 3. The molecule has 0 aromatic carbocycles. The average molecular weight is 285 g/mol. The molecule has 0 aliphatic heterocycles. The van der Waals surface area contributed by atoms with Crippen LogP contribution in [0.25, 0.3) is 5.82 Å². The van der Waals surface area contributed by atoms with Crippen molar-refractivity contribution >= 4 is 50.6 Å². The Balaban J connectivity index is 0. The van der Waals surface area contributed by atoms with E-state index >= 15 is 0 Å². The minimum atomic E-state index is 0. The molecule has 0 N–H and O–H groups in total. The molecule has 14 heavy (non-hydrogen) atoms. The summed E-state index contributed by atoms with van der Waals surface area (Å²) in [7, 11) is 0. The summed E-state index contributed by atoms with van der Waals surface area (Å²) in [6.45, 7) is 0. The zero-order valence-corrected chi connectivity index (χ0v) is 10.9. The minimum Gasteiger partial charge on any atom is -1.00 e. The van der Waals surface area contributed by atoms with Gasteiger partial charge in [-0.2, -0.15) is 5.10 Å². The third-order valence-electron chi connectivity index (χ3n) is 1.51. The Morgan fingerprint density at radius 3 is 2.79 bits per heavy atom. The van der Waals surface area contributed by atoms with Crippen LogP contribution < -0.4 is 0 Å². The number of pyridine rings is 1. The van der Waals surface area contributed by atoms with Crippen molar-refractivity contribution in [2.45, 2.75) is 0 Å². The van der Waals surface area contributed by atoms with Crippen molar-refractivity contribution in [3.8, 4) is 5.82 Å². The van der Waals surface area contributed by atoms with Gasteiger partial charge in [-0.15, -0.1) is 0 Å². The van der Waals surface area contributed by atoms with E-state index in [1.54, 1.807) is 29.2 Å². The monoisotopic (exact) mass is 283 g/mol. The molecular weight excluding hydrogens is 278 g/mol. The molecule has 0 aliphatic rings. The Labute approximate surface area is 114 Å². The molecule has 0 fully saturated rings. The van der Waals surface area contributed by atoms with Gasteiger partial charge in [0.2, 0.25) is 0 Å². The molecule has 2 aromatic heterocycles. The van der Waals surface area contributed by atoms with Gasteiger partial charge in [-0.3, -0.25) is 0 Å². The summed E-state index contributed by atoms with van der Waals surface area (Å²) in [5.74, 6) is 0.634. The summed E-state index contributed by atoms with van der Waals surface area (Å²) >= 11 is 9.18. The molecule has 2 rings (SSSR count). The molecule has 3 nitrogen and oxygen atoms in total. The van der Waals surface area contributed by atoms with E-state index in [0.717, 1.165) is 4.60 Å². The van der Waals surface area contributed by atoms with Crippen LogP contribution in [0.3, 0.4) is 0 Å². The molecule has 0 amide bonds. The van der Waals surface area contributed by atoms with Gasteiger partial charge in [-0.25, -0.2) is 9.67 Å². The first-order chi connectivity index (χ1) is 6.27. The van der Waals surface area contributed by atoms with E-state index in [-0.39, 0.29) is 25.9 Å². The summed E-state index contributed by atoms with van der Waals surface area (Å²) in [5, 5.41) is 4.71. The van der Waals surface area contributed by atoms with Crippen molar-refractivity contribution in [3.05, 3.63) is 40.2 Å². The predicted octanol–water partition coefficient (Wildman–Crippen LogP) is 2.53. The number of halogens is 2. The van der Waals surface area contributed by atoms with Gasteiger partial charge in [0, 0.05) is 12.4 Å². The second-order valence-electron chi connectivity index (χ2n) is 2.39. The zero-order valence-electron chi connectivity index (χ0n) is 9.19. The quantitative estimate of drug-likeness (QED) is 0.754. The van der Waals surface area contributed by atoms with E-state index in [9.17, 15) is 0 Å². The number of rotatable bonds is 1. The molecular formula is C8H7BrClMgN3. The van der Waals surface area contributed by atoms with Gasteiger partial charge in [-0.05, 0) is 34.1 Å². The first-order valence-electron chi connectivity index (χ1n) is 3.59. The largest absolute Gasteiger partial charge is 2.00 e. The first-order valence-corrected chi connectivity index (χ1v) is 4.76. The van der Waals surface area contributed by atoms with Crippen molar-refractivity contribution in [1.82, 2.24) is 14.8 Å². The SMILES string of the molecule is Clc1cccnc1-n1ccc(Br)n1.[H-].[H-].[Mg+2]. The van der Waals surface area contributed by atoms with Crippen LogP contribution in [-0.2, 0) is 0 Å². The van der Waals surface area contributed by atoms with E-state index in [1.807, 2.05) is 6.07 Å². The predicted molar refractivity (Wildman–Crippen MR) is 62.0 cm³/mol. The number of hydrogen-bond acceptors (Lipinski definition) is 2. The first kappa shape index (κ1) is 12.0. The summed E-state index contributed by atoms with van der Waals surface area (Å²) in [6, 6.07) is 5.38. The molecule has 0 saturated heterocycles. The molecule has 0 spiro atoms. The van der Waals surface area contributed by atoms with Crippen molar-refractivity contribution in [2.75, 3.05) is 0 Å². The van der Waals surface area contributed by atoms with Gasteiger partial charge in [0.05, 0.1) is 5.02 Å². The van der Waals surface area contributed by atoms with Crippen LogP contribution in [0.5, 0.6) is 0 Å². The maximum atomic E-state index is 5.93. The molecule has 0 aliphatic carbocycles. The van der Waals surface area contributed by atoms with Gasteiger partial charge >= 0.3 is 23.1 Å². The average Bonchev–Trinajstić information content (AvgIpc) is 2.53. The van der Waals surface area contributed by atoms with Gasteiger partial charge in [0.1, 0.15) is 4.60 Å². The second-order valence-corrected chi connectivity index (χ2v) is 3.61. The van der Waals surface area contributed by atoms with Crippen molar-refractivity contribution in [1.29, 1.82) is 0 Å². The summed E-state index contributed by atoms with van der Waals surface area (Å²) in [4.78, 5) is 4.11. The van der Waals surface area contributed by atoms with Gasteiger partial charge in [0.15, 0.2) is 5.82 Å². The molecule has 0 radical (unpaired) electrons. The normalized spacial score (nSPS) is 9.57. The molecule has 6 heteroatoms. The van der Waals surface area contributed by atoms with Crippen LogP contribution in [0.2, 0.25) is 5.02 Å². The van der Waals surface area contributed by atoms with Crippen molar-refractivity contribution in [2.24, 2.45) is 0 Å². The summed E-state index contributed by atoms with van der Waals surface area (Å²) in [6.07, 6.45) is 3.47. The third-order valence-corrected chi connectivity index (χ3v) is 2.23. The molecule has 0 bridgehead atoms. The Kier molecular flexibility index (Phi) is 4.37. The van der Waals surface area contributed by atoms with E-state index < -0.39 is 0 Å². The van der Waals surface area contributed by atoms with E-state index in [1.165, 1.54) is 0 Å². The molecule has 0 unspecified atom stereocenters. The van der Waals surface area contributed by atoms with Crippen LogP contribution in [0.15, 0.2) is 35.2 Å². The van der Waals surface area contributed by atoms with E-state index in [0.29, 0.717) is 10.8 Å². The topological polar surface area (TPSA) is 30.7 Å². The fraction of sp³-hybridized carbons (Fsp3) is 0. The molecule has 2 aromatic rings. The Morgan fingerprint density at radius 2 is 2.21 bits per heavy atom. The summed E-state index contributed by atoms with van der Waals surface area (Å²) < 4.78 is 2.38. The Morgan fingerprint density at radius 1 is 1.43 bits per heavy atom. The smallest absolute Gasteiger partial charge is 1.00 e. The van der Waals surface area contributed by atoms with Crippen molar-refractivity contribution < 1.29 is 2.85 Å². The summed E-state index contributed by atoms with van der Waals surface area (Å²) in [5.41, 5.74) is 0. The van der Waals surface area contributed by atoms with Crippen LogP contribution >= 0.6 is 27.5 Å². The van der Waals surface area contributed by atoms with E-state index in [2.05, 4.69) is 26.0 Å². The van der Waals surface area contributed by atoms with Crippen LogP contribution in [0.1, 0.15) is 2.85 Å². The zero-order chi connectivity index (χ0) is 9.26. The van der Waals surface area contributed by atoms with Gasteiger partial charge < -0.3 is 2.85 Å². The van der Waals surface area contributed by atoms with E-state index in [4.69, 9.17) is 11.6 Å². The number of nitrogens with zero attached hydrogens (tertiary/aromatic N) is 3. The molecule has 2 heterocycles. The van der Waals surface area contributed by atoms with Crippen LogP contribution in [-0.4, -0.2) is 37.8 Å². The number of hydrogen-bond donors (Lipinski definition) is 0. The fourth-order valence-corrected chi connectivity index (χ4v) is 1.46. The van der Waals surface area contributed by atoms with Gasteiger partial charge in [-0.1, -0.05) is 11.6 Å². The van der Waals surface area contributed by atoms with Gasteiger partial charge in [0.25, 0.3) is 0 Å². The fourth-order valence-electron chi connectivity index (χ4n) is 0.966. The standard InChI is InChI=1S/C8H5BrClN3.Mg.2H/c9-7-3-5-13(12-7)8-6(10)2-1-4-11-8;;;/h1-5H;;;/q;+2;2*-1. The Bertz CT molecular complexity index is 441. The molecule has 0 saturated carbocycles. The van der Waals surface area contributed by atoms with Crippen LogP contribution in [0, 0.1) is 0 Å². The maximum Gasteiger partial charge on any atom is 2.00 e. The maximum absolute atomic E-state index is 5.93. The third kappa shape index (κ3) is 2.47. The minimum absolute atomic E-state index is 0. The molecule has 70 valence electrons. The molecule has 0 atom stereocenters. The van der Waals surface area contributed by atoms with Crippen molar-refractivity contribution in [3.63, 3.8) is 0 Å². The Hall–Kier alpha value is -0.104. The van der Waals surface area contributed by atoms with Crippen LogP contribution in [0.4, 0.5) is 0 Å². The second kappa shape index (κ2) is 5.11.